The number of hydrogen-bond donors (Lipinski definition) is 13. The molecule has 23 nitrogen and oxygen atoms in total. The third-order valence-electron chi connectivity index (χ3n) is 9.70. The van der Waals surface area contributed by atoms with Crippen molar-refractivity contribution >= 4 is 18.0 Å². The maximum atomic E-state index is 12.0. The van der Waals surface area contributed by atoms with E-state index < -0.39 is 148 Å². The Kier molecular flexibility index (Phi) is 13.1. The highest BCUT2D eigenvalue weighted by atomic mass is 16.8. The minimum atomic E-state index is -2.01. The van der Waals surface area contributed by atoms with E-state index in [4.69, 9.17) is 38.3 Å². The van der Waals surface area contributed by atoms with Crippen LogP contribution in [-0.2, 0) is 38.0 Å². The fourth-order valence-electron chi connectivity index (χ4n) is 6.51. The standard InChI is InChI=1S/C35H42O23/c36-8-20-25(45)27(47)30(50)34(56-20)53-12-4-15(38)13-6-19(31(54-18(13)5-12)11-1-2-14(37)16(39)3-11)55-35-32(58-33-29(49)24(44)17(40)9-52-33)28(48)26(46)21(57-35)10-51-23(43)7-22(41)42/h1-6,17,20-21,24-40,44-50H,7-10H2,(H,41,42)/p+1/t17-,20+,21+,24-,25-,26-,27+,28+,29-,30-,31?,32+,33-,34-,35-/m1/s1. The fraction of sp³-hybridized carbons (Fsp3) is 0.543. The molecule has 23 heteroatoms. The normalized spacial score (nSPS) is 36.2. The van der Waals surface area contributed by atoms with Gasteiger partial charge in [-0.25, -0.2) is 0 Å². The second-order valence-electron chi connectivity index (χ2n) is 13.8. The number of phenols is 3. The van der Waals surface area contributed by atoms with E-state index in [1.54, 1.807) is 0 Å². The Bertz CT molecular complexity index is 1820. The van der Waals surface area contributed by atoms with Crippen LogP contribution >= 0.6 is 0 Å². The maximum Gasteiger partial charge on any atom is 0.317 e. The molecule has 3 fully saturated rings. The van der Waals surface area contributed by atoms with E-state index in [9.17, 15) is 70.9 Å². The summed E-state index contributed by atoms with van der Waals surface area (Å²) >= 11 is 0. The molecule has 14 N–H and O–H groups in total. The van der Waals surface area contributed by atoms with Gasteiger partial charge >= 0.3 is 11.9 Å². The predicted octanol–water partition coefficient (Wildman–Crippen LogP) is -4.38. The number of aliphatic hydroxyl groups excluding tert-OH is 9. The maximum absolute atomic E-state index is 12.0. The van der Waals surface area contributed by atoms with E-state index in [0.29, 0.717) is 0 Å². The summed E-state index contributed by atoms with van der Waals surface area (Å²) < 4.78 is 43.7. The topological polar surface area (TPSA) is 375 Å². The number of ether oxygens (including phenoxy) is 8. The van der Waals surface area contributed by atoms with Crippen molar-refractivity contribution in [3.8, 4) is 28.7 Å². The molecule has 0 bridgehead atoms. The Hall–Kier alpha value is -4.60. The SMILES string of the molecule is O=C(O)CC(=O)OC[C@@H]1O[C@@H](OC2=Cc3c(O)cc(O[C@@H]4O[C@@H](CO)[C@@H](O)[C@H](O)[C@H]4O)cc3[OH+]C2c2ccc(O)c(O)c2)[C@@H](O[C@H]2OC[C@@H](O)[C@@H](O)[C@H]2O)[C@@H](O)[C@@H]1O. The molecule has 2 aromatic carbocycles. The molecule has 1 unspecified atom stereocenters. The summed E-state index contributed by atoms with van der Waals surface area (Å²) in [7, 11) is 0. The summed E-state index contributed by atoms with van der Waals surface area (Å²) in [6.45, 7) is -2.09. The summed E-state index contributed by atoms with van der Waals surface area (Å²) in [6.07, 6.45) is -25.6. The lowest BCUT2D eigenvalue weighted by molar-refractivity contribution is -0.353. The molecule has 6 rings (SSSR count). The molecule has 0 amide bonds. The minimum Gasteiger partial charge on any atom is -0.571 e. The van der Waals surface area contributed by atoms with E-state index in [-0.39, 0.29) is 28.4 Å². The first-order valence-corrected chi connectivity index (χ1v) is 17.6. The van der Waals surface area contributed by atoms with Crippen molar-refractivity contribution in [2.75, 3.05) is 19.8 Å². The molecule has 4 aliphatic rings. The molecule has 0 aromatic heterocycles. The third kappa shape index (κ3) is 9.01. The van der Waals surface area contributed by atoms with Gasteiger partial charge in [-0.3, -0.25) is 9.59 Å². The molecule has 4 heterocycles. The van der Waals surface area contributed by atoms with Crippen molar-refractivity contribution in [1.29, 1.82) is 0 Å². The average Bonchev–Trinajstić information content (AvgIpc) is 3.18. The lowest BCUT2D eigenvalue weighted by Gasteiger charge is -2.45. The van der Waals surface area contributed by atoms with Crippen LogP contribution in [0.15, 0.2) is 36.1 Å². The van der Waals surface area contributed by atoms with Crippen LogP contribution in [0.2, 0.25) is 0 Å². The first-order valence-electron chi connectivity index (χ1n) is 17.6. The molecule has 320 valence electrons. The number of aromatic hydroxyl groups is 4. The summed E-state index contributed by atoms with van der Waals surface area (Å²) in [5, 5.41) is 134. The number of benzene rings is 2. The number of esters is 1. The van der Waals surface area contributed by atoms with E-state index in [1.165, 1.54) is 18.2 Å². The molecule has 58 heavy (non-hydrogen) atoms. The van der Waals surface area contributed by atoms with Gasteiger partial charge in [0.05, 0.1) is 24.8 Å². The van der Waals surface area contributed by atoms with Crippen molar-refractivity contribution in [2.45, 2.75) is 98.5 Å². The van der Waals surface area contributed by atoms with Crippen LogP contribution in [-0.4, -0.2) is 189 Å². The van der Waals surface area contributed by atoms with Crippen LogP contribution in [0, 0.1) is 0 Å². The van der Waals surface area contributed by atoms with Crippen molar-refractivity contribution in [3.05, 3.63) is 47.2 Å². The number of carboxylic acids is 1. The molecule has 2 aromatic rings. The van der Waals surface area contributed by atoms with E-state index in [2.05, 4.69) is 4.74 Å². The third-order valence-corrected chi connectivity index (χ3v) is 9.70. The first kappa shape index (κ1) is 43.0. The van der Waals surface area contributed by atoms with Crippen LogP contribution in [0.5, 0.6) is 28.7 Å². The highest BCUT2D eigenvalue weighted by Gasteiger charge is 2.52. The summed E-state index contributed by atoms with van der Waals surface area (Å²) in [6, 6.07) is 5.89. The van der Waals surface area contributed by atoms with Crippen molar-refractivity contribution < 1.29 is 114 Å². The van der Waals surface area contributed by atoms with Crippen molar-refractivity contribution in [3.63, 3.8) is 0 Å². The number of aliphatic hydroxyl groups is 10. The van der Waals surface area contributed by atoms with Gasteiger partial charge < -0.3 is 104 Å². The van der Waals surface area contributed by atoms with Crippen LogP contribution in [0.25, 0.3) is 6.08 Å². The second-order valence-corrected chi connectivity index (χ2v) is 13.8. The molecule has 4 aliphatic heterocycles. The lowest BCUT2D eigenvalue weighted by atomic mass is 9.97. The van der Waals surface area contributed by atoms with Gasteiger partial charge in [0.2, 0.25) is 12.6 Å². The van der Waals surface area contributed by atoms with Crippen LogP contribution in [0.1, 0.15) is 23.7 Å². The number of carbonyl (C=O) groups excluding carboxylic acids is 1. The minimum absolute atomic E-state index is 0.0215. The number of rotatable bonds is 12. The van der Waals surface area contributed by atoms with Gasteiger partial charge in [0.15, 0.2) is 29.7 Å². The highest BCUT2D eigenvalue weighted by molar-refractivity contribution is 5.90. The van der Waals surface area contributed by atoms with Crippen LogP contribution in [0.4, 0.5) is 0 Å². The molecule has 0 radical (unpaired) electrons. The molecule has 0 saturated carbocycles. The number of fused-ring (bicyclic) bond motifs is 1. The lowest BCUT2D eigenvalue weighted by Crippen LogP contribution is -2.63. The Morgan fingerprint density at radius 3 is 2.12 bits per heavy atom. The van der Waals surface area contributed by atoms with Gasteiger partial charge in [-0.1, -0.05) is 0 Å². The monoisotopic (exact) mass is 831 g/mol. The largest absolute Gasteiger partial charge is 0.571 e. The van der Waals surface area contributed by atoms with E-state index >= 15 is 0 Å². The molecular formula is C35H43O23+. The molecule has 0 aliphatic carbocycles. The number of carboxylic acid groups (broad SMARTS) is 1. The summed E-state index contributed by atoms with van der Waals surface area (Å²) in [5.74, 6) is -4.82. The molecule has 15 atom stereocenters. The summed E-state index contributed by atoms with van der Waals surface area (Å²) in [4.78, 5) is 23.0. The zero-order chi connectivity index (χ0) is 42.2. The van der Waals surface area contributed by atoms with E-state index in [1.807, 2.05) is 0 Å². The van der Waals surface area contributed by atoms with Crippen molar-refractivity contribution in [2.24, 2.45) is 0 Å². The van der Waals surface area contributed by atoms with Gasteiger partial charge in [0.25, 0.3) is 11.9 Å². The number of carbonyl (C=O) groups is 2. The Morgan fingerprint density at radius 2 is 1.43 bits per heavy atom. The van der Waals surface area contributed by atoms with Gasteiger partial charge in [-0.05, 0) is 18.2 Å². The predicted molar refractivity (Wildman–Crippen MR) is 182 cm³/mol. The van der Waals surface area contributed by atoms with Gasteiger partial charge in [-0.2, -0.15) is 0 Å². The van der Waals surface area contributed by atoms with E-state index in [0.717, 1.165) is 18.2 Å². The highest BCUT2D eigenvalue weighted by Crippen LogP contribution is 2.47. The Balaban J connectivity index is 1.35. The quantitative estimate of drug-likeness (QED) is 0.0416. The summed E-state index contributed by atoms with van der Waals surface area (Å²) in [5.41, 5.74) is 0.0784. The number of phenolic OH excluding ortho intramolecular Hbond substituents is 3. The van der Waals surface area contributed by atoms with Gasteiger partial charge in [0.1, 0.15) is 91.1 Å². The molecule has 0 spiro atoms. The fourth-order valence-corrected chi connectivity index (χ4v) is 6.51. The van der Waals surface area contributed by atoms with Crippen LogP contribution < -0.4 is 4.74 Å². The first-order chi connectivity index (χ1) is 27.5. The zero-order valence-electron chi connectivity index (χ0n) is 29.9. The molecule has 3 saturated heterocycles. The second kappa shape index (κ2) is 17.7. The zero-order valence-corrected chi connectivity index (χ0v) is 29.9. The number of aliphatic carboxylic acids is 1. The molecular weight excluding hydrogens is 788 g/mol. The smallest absolute Gasteiger partial charge is 0.317 e. The van der Waals surface area contributed by atoms with Gasteiger partial charge in [0, 0.05) is 12.1 Å². The van der Waals surface area contributed by atoms with Crippen molar-refractivity contribution in [1.82, 2.24) is 0 Å². The van der Waals surface area contributed by atoms with Gasteiger partial charge in [-0.15, -0.1) is 0 Å². The van der Waals surface area contributed by atoms with Crippen LogP contribution in [0.3, 0.4) is 0 Å². The Morgan fingerprint density at radius 1 is 0.741 bits per heavy atom. The average molecular weight is 832 g/mol. The Labute approximate surface area is 326 Å². The number of hydrogen-bond acceptors (Lipinski definition) is 21.